The SMILES string of the molecule is CC1C2CC3OS(=O)(=O)C1C3C2. The van der Waals surface area contributed by atoms with Crippen LogP contribution in [0.5, 0.6) is 0 Å². The molecule has 5 unspecified atom stereocenters. The van der Waals surface area contributed by atoms with Crippen molar-refractivity contribution in [2.45, 2.75) is 31.1 Å². The lowest BCUT2D eigenvalue weighted by Gasteiger charge is -2.19. The van der Waals surface area contributed by atoms with Gasteiger partial charge in [0.05, 0.1) is 11.4 Å². The lowest BCUT2D eigenvalue weighted by Crippen LogP contribution is -2.29. The minimum Gasteiger partial charge on any atom is -0.266 e. The topological polar surface area (TPSA) is 43.4 Å². The molecule has 4 heteroatoms. The second-order valence-electron chi connectivity index (χ2n) is 4.35. The minimum atomic E-state index is -3.18. The molecule has 12 heavy (non-hydrogen) atoms. The fraction of sp³-hybridized carbons (Fsp3) is 1.00. The van der Waals surface area contributed by atoms with Crippen molar-refractivity contribution in [1.82, 2.24) is 0 Å². The van der Waals surface area contributed by atoms with Crippen molar-refractivity contribution in [2.75, 3.05) is 0 Å². The van der Waals surface area contributed by atoms with E-state index in [1.807, 2.05) is 0 Å². The molecule has 2 saturated carbocycles. The largest absolute Gasteiger partial charge is 0.271 e. The van der Waals surface area contributed by atoms with Gasteiger partial charge in [-0.2, -0.15) is 8.42 Å². The highest BCUT2D eigenvalue weighted by Crippen LogP contribution is 2.57. The van der Waals surface area contributed by atoms with E-state index < -0.39 is 10.1 Å². The fourth-order valence-corrected chi connectivity index (χ4v) is 5.48. The first-order chi connectivity index (χ1) is 5.59. The van der Waals surface area contributed by atoms with Crippen molar-refractivity contribution in [1.29, 1.82) is 0 Å². The van der Waals surface area contributed by atoms with Gasteiger partial charge in [0.15, 0.2) is 0 Å². The predicted octanol–water partition coefficient (Wildman–Crippen LogP) is 0.759. The molecule has 0 aromatic heterocycles. The Morgan fingerprint density at radius 3 is 2.67 bits per heavy atom. The molecule has 0 N–H and O–H groups in total. The summed E-state index contributed by atoms with van der Waals surface area (Å²) < 4.78 is 28.0. The van der Waals surface area contributed by atoms with Crippen LogP contribution in [-0.2, 0) is 14.3 Å². The average molecular weight is 188 g/mol. The van der Waals surface area contributed by atoms with Crippen molar-refractivity contribution < 1.29 is 12.6 Å². The van der Waals surface area contributed by atoms with Gasteiger partial charge in [0.1, 0.15) is 0 Å². The Morgan fingerprint density at radius 2 is 2.08 bits per heavy atom. The molecule has 0 aromatic carbocycles. The van der Waals surface area contributed by atoms with Gasteiger partial charge in [-0.15, -0.1) is 0 Å². The first-order valence-electron chi connectivity index (χ1n) is 4.52. The van der Waals surface area contributed by atoms with Crippen molar-refractivity contribution >= 4 is 10.1 Å². The molecule has 0 amide bonds. The highest BCUT2D eigenvalue weighted by atomic mass is 32.2. The van der Waals surface area contributed by atoms with Gasteiger partial charge < -0.3 is 0 Å². The van der Waals surface area contributed by atoms with Crippen LogP contribution in [0, 0.1) is 17.8 Å². The lowest BCUT2D eigenvalue weighted by molar-refractivity contribution is 0.183. The van der Waals surface area contributed by atoms with E-state index in [4.69, 9.17) is 4.18 Å². The summed E-state index contributed by atoms with van der Waals surface area (Å²) in [6.07, 6.45) is 2.10. The number of hydrogen-bond acceptors (Lipinski definition) is 3. The predicted molar refractivity (Wildman–Crippen MR) is 43.0 cm³/mol. The van der Waals surface area contributed by atoms with Crippen molar-refractivity contribution in [2.24, 2.45) is 17.8 Å². The van der Waals surface area contributed by atoms with E-state index in [0.29, 0.717) is 17.8 Å². The Morgan fingerprint density at radius 1 is 1.33 bits per heavy atom. The standard InChI is InChI=1S/C8H12O3S/c1-4-5-2-6-7(3-5)11-12(9,10)8(4)6/h4-8H,2-3H2,1H3. The minimum absolute atomic E-state index is 0.0428. The molecule has 5 atom stereocenters. The van der Waals surface area contributed by atoms with Crippen LogP contribution >= 0.6 is 0 Å². The van der Waals surface area contributed by atoms with E-state index in [9.17, 15) is 8.42 Å². The van der Waals surface area contributed by atoms with Crippen molar-refractivity contribution in [3.63, 3.8) is 0 Å². The smallest absolute Gasteiger partial charge is 0.266 e. The van der Waals surface area contributed by atoms with Gasteiger partial charge in [-0.3, -0.25) is 4.18 Å². The van der Waals surface area contributed by atoms with E-state index in [0.717, 1.165) is 12.8 Å². The molecule has 1 aliphatic heterocycles. The van der Waals surface area contributed by atoms with Crippen LogP contribution in [0.4, 0.5) is 0 Å². The molecule has 0 spiro atoms. The van der Waals surface area contributed by atoms with Crippen LogP contribution in [0.2, 0.25) is 0 Å². The summed E-state index contributed by atoms with van der Waals surface area (Å²) in [7, 11) is -3.18. The Kier molecular flexibility index (Phi) is 1.14. The Balaban J connectivity index is 2.14. The van der Waals surface area contributed by atoms with Crippen molar-refractivity contribution in [3.05, 3.63) is 0 Å². The average Bonchev–Trinajstić information content (AvgIpc) is 2.45. The van der Waals surface area contributed by atoms with Gasteiger partial charge in [0.2, 0.25) is 0 Å². The van der Waals surface area contributed by atoms with Crippen LogP contribution in [-0.4, -0.2) is 19.8 Å². The molecule has 68 valence electrons. The Bertz CT molecular complexity index is 319. The van der Waals surface area contributed by atoms with Crippen LogP contribution < -0.4 is 0 Å². The van der Waals surface area contributed by atoms with Gasteiger partial charge in [-0.05, 0) is 24.7 Å². The van der Waals surface area contributed by atoms with Crippen LogP contribution in [0.25, 0.3) is 0 Å². The zero-order valence-electron chi connectivity index (χ0n) is 6.93. The van der Waals surface area contributed by atoms with Gasteiger partial charge in [0.25, 0.3) is 10.1 Å². The van der Waals surface area contributed by atoms with E-state index in [1.165, 1.54) is 0 Å². The summed E-state index contributed by atoms with van der Waals surface area (Å²) in [5.41, 5.74) is 0. The normalized spacial score (nSPS) is 59.6. The van der Waals surface area contributed by atoms with E-state index in [-0.39, 0.29) is 11.4 Å². The second kappa shape index (κ2) is 1.87. The second-order valence-corrected chi connectivity index (χ2v) is 6.07. The van der Waals surface area contributed by atoms with Crippen LogP contribution in [0.3, 0.4) is 0 Å². The van der Waals surface area contributed by atoms with Gasteiger partial charge in [-0.1, -0.05) is 6.92 Å². The first-order valence-corrected chi connectivity index (χ1v) is 5.99. The summed E-state index contributed by atoms with van der Waals surface area (Å²) in [5, 5.41) is -0.166. The zero-order valence-corrected chi connectivity index (χ0v) is 7.75. The lowest BCUT2D eigenvalue weighted by atomic mass is 9.88. The maximum absolute atomic E-state index is 11.5. The zero-order chi connectivity index (χ0) is 8.51. The molecule has 3 aliphatic rings. The summed E-state index contributed by atoms with van der Waals surface area (Å²) in [6.45, 7) is 2.05. The highest BCUT2D eigenvalue weighted by molar-refractivity contribution is 7.87. The maximum atomic E-state index is 11.5. The molecular weight excluding hydrogens is 176 g/mol. The molecule has 2 bridgehead atoms. The van der Waals surface area contributed by atoms with Crippen LogP contribution in [0.15, 0.2) is 0 Å². The highest BCUT2D eigenvalue weighted by Gasteiger charge is 2.62. The molecule has 2 aliphatic carbocycles. The molecule has 1 saturated heterocycles. The molecule has 1 heterocycles. The summed E-state index contributed by atoms with van der Waals surface area (Å²) >= 11 is 0. The summed E-state index contributed by atoms with van der Waals surface area (Å²) in [4.78, 5) is 0. The number of fused-ring (bicyclic) bond motifs is 1. The van der Waals surface area contributed by atoms with Crippen LogP contribution in [0.1, 0.15) is 19.8 Å². The summed E-state index contributed by atoms with van der Waals surface area (Å²) in [5.74, 6) is 1.27. The first kappa shape index (κ1) is 7.33. The molecule has 3 nitrogen and oxygen atoms in total. The van der Waals surface area contributed by atoms with E-state index >= 15 is 0 Å². The molecule has 3 fully saturated rings. The Hall–Kier alpha value is -0.0900. The third kappa shape index (κ3) is 0.646. The quantitative estimate of drug-likeness (QED) is 0.527. The number of hydrogen-bond donors (Lipinski definition) is 0. The maximum Gasteiger partial charge on any atom is 0.271 e. The Labute approximate surface area is 72.2 Å². The summed E-state index contributed by atoms with van der Waals surface area (Å²) in [6, 6.07) is 0. The molecule has 3 rings (SSSR count). The third-order valence-electron chi connectivity index (χ3n) is 3.86. The number of rotatable bonds is 0. The van der Waals surface area contributed by atoms with E-state index in [2.05, 4.69) is 6.92 Å². The van der Waals surface area contributed by atoms with Gasteiger partial charge in [0, 0.05) is 5.92 Å². The van der Waals surface area contributed by atoms with E-state index in [1.54, 1.807) is 0 Å². The monoisotopic (exact) mass is 188 g/mol. The van der Waals surface area contributed by atoms with Crippen molar-refractivity contribution in [3.8, 4) is 0 Å². The van der Waals surface area contributed by atoms with Gasteiger partial charge in [-0.25, -0.2) is 0 Å². The molecular formula is C8H12O3S. The fourth-order valence-electron chi connectivity index (χ4n) is 3.33. The molecule has 0 aromatic rings. The third-order valence-corrected chi connectivity index (χ3v) is 5.82. The molecule has 0 radical (unpaired) electrons. The van der Waals surface area contributed by atoms with Gasteiger partial charge >= 0.3 is 0 Å².